The Labute approximate surface area is 89.2 Å². The first-order valence-electron chi connectivity index (χ1n) is 4.43. The second kappa shape index (κ2) is 6.59. The van der Waals surface area contributed by atoms with E-state index in [-0.39, 0.29) is 17.9 Å². The topological polar surface area (TPSA) is 57.6 Å². The molecule has 0 saturated heterocycles. The minimum atomic E-state index is -1.15. The van der Waals surface area contributed by atoms with Gasteiger partial charge in [0.1, 0.15) is 0 Å². The van der Waals surface area contributed by atoms with Gasteiger partial charge < -0.3 is 10.0 Å². The van der Waals surface area contributed by atoms with Crippen molar-refractivity contribution in [3.8, 4) is 0 Å². The first-order chi connectivity index (χ1) is 7.02. The van der Waals surface area contributed by atoms with Crippen molar-refractivity contribution in [1.29, 1.82) is 0 Å². The van der Waals surface area contributed by atoms with Crippen molar-refractivity contribution in [1.82, 2.24) is 4.90 Å². The smallest absolute Gasteiger partial charge is 0.331 e. The maximum Gasteiger partial charge on any atom is 0.331 e. The van der Waals surface area contributed by atoms with E-state index >= 15 is 0 Å². The van der Waals surface area contributed by atoms with E-state index in [1.807, 2.05) is 0 Å². The molecule has 0 aliphatic carbocycles. The number of amides is 1. The lowest BCUT2D eigenvalue weighted by atomic mass is 10.2. The molecule has 4 heteroatoms. The van der Waals surface area contributed by atoms with Gasteiger partial charge in [-0.15, -0.1) is 13.2 Å². The van der Waals surface area contributed by atoms with Gasteiger partial charge in [0.15, 0.2) is 0 Å². The van der Waals surface area contributed by atoms with Gasteiger partial charge >= 0.3 is 5.97 Å². The second-order valence-corrected chi connectivity index (χ2v) is 2.96. The molecule has 15 heavy (non-hydrogen) atoms. The van der Waals surface area contributed by atoms with Crippen LogP contribution in [0.15, 0.2) is 37.5 Å². The van der Waals surface area contributed by atoms with E-state index in [0.717, 1.165) is 0 Å². The number of carbonyl (C=O) groups is 2. The Kier molecular flexibility index (Phi) is 5.78. The second-order valence-electron chi connectivity index (χ2n) is 2.96. The SMILES string of the molecule is C=CCN(CC=C)C(=O)CC(=C)C(=O)O. The average molecular weight is 209 g/mol. The molecule has 0 aliphatic rings. The van der Waals surface area contributed by atoms with E-state index in [2.05, 4.69) is 19.7 Å². The standard InChI is InChI=1S/C11H15NO3/c1-4-6-12(7-5-2)10(13)8-9(3)11(14)15/h4-5H,1-3,6-8H2,(H,14,15). The number of nitrogens with zero attached hydrogens (tertiary/aromatic N) is 1. The van der Waals surface area contributed by atoms with Crippen LogP contribution in [0.2, 0.25) is 0 Å². The van der Waals surface area contributed by atoms with Crippen LogP contribution in [0.4, 0.5) is 0 Å². The number of rotatable bonds is 7. The fourth-order valence-electron chi connectivity index (χ4n) is 0.960. The van der Waals surface area contributed by atoms with Crippen molar-refractivity contribution in [3.63, 3.8) is 0 Å². The van der Waals surface area contributed by atoms with Gasteiger partial charge in [-0.05, 0) is 0 Å². The highest BCUT2D eigenvalue weighted by Crippen LogP contribution is 2.03. The zero-order valence-corrected chi connectivity index (χ0v) is 8.61. The van der Waals surface area contributed by atoms with Crippen LogP contribution < -0.4 is 0 Å². The minimum Gasteiger partial charge on any atom is -0.478 e. The number of hydrogen-bond donors (Lipinski definition) is 1. The van der Waals surface area contributed by atoms with Gasteiger partial charge in [0, 0.05) is 18.7 Å². The molecule has 0 fully saturated rings. The minimum absolute atomic E-state index is 0.113. The predicted molar refractivity (Wildman–Crippen MR) is 58.4 cm³/mol. The van der Waals surface area contributed by atoms with Crippen LogP contribution >= 0.6 is 0 Å². The molecular weight excluding hydrogens is 194 g/mol. The molecule has 0 unspecified atom stereocenters. The average Bonchev–Trinajstić information content (AvgIpc) is 2.17. The Morgan fingerprint density at radius 1 is 1.20 bits per heavy atom. The summed E-state index contributed by atoms with van der Waals surface area (Å²) in [4.78, 5) is 23.5. The van der Waals surface area contributed by atoms with Crippen molar-refractivity contribution in [2.45, 2.75) is 6.42 Å². The Bertz CT molecular complexity index is 284. The Hall–Kier alpha value is -1.84. The maximum absolute atomic E-state index is 11.5. The molecule has 0 heterocycles. The summed E-state index contributed by atoms with van der Waals surface area (Å²) in [5.74, 6) is -1.44. The Morgan fingerprint density at radius 2 is 1.67 bits per heavy atom. The summed E-state index contributed by atoms with van der Waals surface area (Å²) >= 11 is 0. The molecule has 0 aromatic heterocycles. The number of aliphatic carboxylic acids is 1. The third kappa shape index (κ3) is 4.81. The number of carboxylic acid groups (broad SMARTS) is 1. The third-order valence-electron chi connectivity index (χ3n) is 1.72. The van der Waals surface area contributed by atoms with Crippen molar-refractivity contribution in [2.75, 3.05) is 13.1 Å². The summed E-state index contributed by atoms with van der Waals surface area (Å²) in [6, 6.07) is 0. The van der Waals surface area contributed by atoms with Crippen LogP contribution in [0, 0.1) is 0 Å². The van der Waals surface area contributed by atoms with Crippen LogP contribution in [-0.2, 0) is 9.59 Å². The Morgan fingerprint density at radius 3 is 2.00 bits per heavy atom. The molecule has 0 spiro atoms. The van der Waals surface area contributed by atoms with E-state index in [1.54, 1.807) is 12.2 Å². The first-order valence-corrected chi connectivity index (χ1v) is 4.43. The van der Waals surface area contributed by atoms with Gasteiger partial charge in [-0.25, -0.2) is 4.79 Å². The summed E-state index contributed by atoms with van der Waals surface area (Å²) in [6.45, 7) is 11.1. The van der Waals surface area contributed by atoms with Crippen LogP contribution in [-0.4, -0.2) is 35.0 Å². The molecule has 0 rings (SSSR count). The molecule has 4 nitrogen and oxygen atoms in total. The zero-order chi connectivity index (χ0) is 11.8. The monoisotopic (exact) mass is 209 g/mol. The molecule has 0 aliphatic heterocycles. The summed E-state index contributed by atoms with van der Waals surface area (Å²) in [7, 11) is 0. The van der Waals surface area contributed by atoms with Crippen molar-refractivity contribution >= 4 is 11.9 Å². The lowest BCUT2D eigenvalue weighted by Crippen LogP contribution is -2.31. The van der Waals surface area contributed by atoms with Gasteiger partial charge in [0.25, 0.3) is 0 Å². The molecule has 0 aromatic carbocycles. The maximum atomic E-state index is 11.5. The van der Waals surface area contributed by atoms with Gasteiger partial charge in [-0.1, -0.05) is 18.7 Å². The van der Waals surface area contributed by atoms with Crippen LogP contribution in [0.1, 0.15) is 6.42 Å². The number of carboxylic acids is 1. The van der Waals surface area contributed by atoms with E-state index in [9.17, 15) is 9.59 Å². The largest absolute Gasteiger partial charge is 0.478 e. The first kappa shape index (κ1) is 13.2. The lowest BCUT2D eigenvalue weighted by Gasteiger charge is -2.18. The normalized spacial score (nSPS) is 9.07. The van der Waals surface area contributed by atoms with E-state index in [0.29, 0.717) is 13.1 Å². The molecule has 82 valence electrons. The van der Waals surface area contributed by atoms with Gasteiger partial charge in [0.2, 0.25) is 5.91 Å². The van der Waals surface area contributed by atoms with E-state index in [1.165, 1.54) is 4.90 Å². The van der Waals surface area contributed by atoms with Crippen LogP contribution in [0.25, 0.3) is 0 Å². The van der Waals surface area contributed by atoms with Gasteiger partial charge in [0.05, 0.1) is 6.42 Å². The highest BCUT2D eigenvalue weighted by molar-refractivity contribution is 5.93. The number of carbonyl (C=O) groups excluding carboxylic acids is 1. The van der Waals surface area contributed by atoms with E-state index in [4.69, 9.17) is 5.11 Å². The van der Waals surface area contributed by atoms with Gasteiger partial charge in [-0.3, -0.25) is 4.79 Å². The summed E-state index contributed by atoms with van der Waals surface area (Å²) in [5, 5.41) is 8.56. The molecule has 1 amide bonds. The molecular formula is C11H15NO3. The zero-order valence-electron chi connectivity index (χ0n) is 8.61. The highest BCUT2D eigenvalue weighted by Gasteiger charge is 2.15. The fraction of sp³-hybridized carbons (Fsp3) is 0.273. The molecule has 0 bridgehead atoms. The summed E-state index contributed by atoms with van der Waals surface area (Å²) in [6.07, 6.45) is 2.97. The van der Waals surface area contributed by atoms with Crippen molar-refractivity contribution in [2.24, 2.45) is 0 Å². The number of hydrogen-bond acceptors (Lipinski definition) is 2. The van der Waals surface area contributed by atoms with Crippen LogP contribution in [0.3, 0.4) is 0 Å². The van der Waals surface area contributed by atoms with E-state index < -0.39 is 5.97 Å². The molecule has 0 saturated carbocycles. The third-order valence-corrected chi connectivity index (χ3v) is 1.72. The van der Waals surface area contributed by atoms with Crippen LogP contribution in [0.5, 0.6) is 0 Å². The molecule has 1 N–H and O–H groups in total. The quantitative estimate of drug-likeness (QED) is 0.506. The molecule has 0 aromatic rings. The van der Waals surface area contributed by atoms with Gasteiger partial charge in [-0.2, -0.15) is 0 Å². The fourth-order valence-corrected chi connectivity index (χ4v) is 0.960. The lowest BCUT2D eigenvalue weighted by molar-refractivity contribution is -0.136. The van der Waals surface area contributed by atoms with Crippen molar-refractivity contribution in [3.05, 3.63) is 37.5 Å². The summed E-state index contributed by atoms with van der Waals surface area (Å²) in [5.41, 5.74) is -0.113. The molecule has 0 atom stereocenters. The molecule has 0 radical (unpaired) electrons. The van der Waals surface area contributed by atoms with Crippen molar-refractivity contribution < 1.29 is 14.7 Å². The highest BCUT2D eigenvalue weighted by atomic mass is 16.4. The predicted octanol–water partition coefficient (Wildman–Crippen LogP) is 1.22. The summed E-state index contributed by atoms with van der Waals surface area (Å²) < 4.78 is 0. The Balaban J connectivity index is 4.36.